The maximum atomic E-state index is 12.3. The molecule has 6 heteroatoms. The van der Waals surface area contributed by atoms with Crippen LogP contribution in [0.5, 0.6) is 0 Å². The third-order valence-electron chi connectivity index (χ3n) is 3.37. The summed E-state index contributed by atoms with van der Waals surface area (Å²) in [5.74, 6) is 0.505. The minimum atomic E-state index is -0.200. The van der Waals surface area contributed by atoms with Gasteiger partial charge >= 0.3 is 0 Å². The third-order valence-corrected chi connectivity index (χ3v) is 4.48. The van der Waals surface area contributed by atoms with Crippen LogP contribution in [0.1, 0.15) is 34.5 Å². The van der Waals surface area contributed by atoms with Crippen molar-refractivity contribution in [1.29, 1.82) is 0 Å². The van der Waals surface area contributed by atoms with Gasteiger partial charge in [-0.25, -0.2) is 4.98 Å². The molecular formula is C16H17N3O2S. The first-order chi connectivity index (χ1) is 10.7. The zero-order valence-corrected chi connectivity index (χ0v) is 13.1. The number of hydrogen-bond acceptors (Lipinski definition) is 5. The number of rotatable bonds is 5. The van der Waals surface area contributed by atoms with Crippen molar-refractivity contribution in [3.8, 4) is 0 Å². The fourth-order valence-corrected chi connectivity index (χ4v) is 3.29. The van der Waals surface area contributed by atoms with E-state index in [0.29, 0.717) is 22.9 Å². The Balaban J connectivity index is 1.83. The second kappa shape index (κ2) is 6.19. The first kappa shape index (κ1) is 14.6. The van der Waals surface area contributed by atoms with Crippen LogP contribution < -0.4 is 11.1 Å². The molecule has 3 aromatic heterocycles. The highest BCUT2D eigenvalue weighted by atomic mass is 32.1. The minimum Gasteiger partial charge on any atom is -0.467 e. The van der Waals surface area contributed by atoms with E-state index < -0.39 is 0 Å². The zero-order chi connectivity index (χ0) is 15.5. The van der Waals surface area contributed by atoms with Crippen molar-refractivity contribution in [2.24, 2.45) is 0 Å². The van der Waals surface area contributed by atoms with Crippen molar-refractivity contribution in [2.75, 3.05) is 5.73 Å². The quantitative estimate of drug-likeness (QED) is 0.756. The van der Waals surface area contributed by atoms with Gasteiger partial charge in [-0.3, -0.25) is 4.79 Å². The van der Waals surface area contributed by atoms with Crippen molar-refractivity contribution < 1.29 is 9.21 Å². The fourth-order valence-electron chi connectivity index (χ4n) is 2.26. The molecule has 0 spiro atoms. The molecule has 3 N–H and O–H groups in total. The van der Waals surface area contributed by atoms with Crippen molar-refractivity contribution in [2.45, 2.75) is 26.3 Å². The number of amides is 1. The molecule has 0 atom stereocenters. The average molecular weight is 315 g/mol. The number of carbonyl (C=O) groups excluding carboxylic acids is 1. The van der Waals surface area contributed by atoms with Gasteiger partial charge in [-0.05, 0) is 30.7 Å². The molecule has 3 aromatic rings. The largest absolute Gasteiger partial charge is 0.467 e. The van der Waals surface area contributed by atoms with Crippen LogP contribution in [0.2, 0.25) is 0 Å². The van der Waals surface area contributed by atoms with Crippen molar-refractivity contribution in [3.63, 3.8) is 0 Å². The molecule has 3 rings (SSSR count). The number of fused-ring (bicyclic) bond motifs is 1. The van der Waals surface area contributed by atoms with Crippen LogP contribution in [0.25, 0.3) is 10.2 Å². The summed E-state index contributed by atoms with van der Waals surface area (Å²) in [5.41, 5.74) is 7.62. The number of aromatic nitrogens is 1. The van der Waals surface area contributed by atoms with Crippen molar-refractivity contribution in [1.82, 2.24) is 10.3 Å². The van der Waals surface area contributed by atoms with Crippen LogP contribution in [0.15, 0.2) is 34.9 Å². The van der Waals surface area contributed by atoms with Crippen LogP contribution in [0.3, 0.4) is 0 Å². The molecule has 0 unspecified atom stereocenters. The smallest absolute Gasteiger partial charge is 0.263 e. The van der Waals surface area contributed by atoms with Crippen LogP contribution >= 0.6 is 11.3 Å². The van der Waals surface area contributed by atoms with E-state index in [2.05, 4.69) is 17.2 Å². The summed E-state index contributed by atoms with van der Waals surface area (Å²) in [5, 5.41) is 3.65. The van der Waals surface area contributed by atoms with Crippen LogP contribution in [0, 0.1) is 0 Å². The Kier molecular flexibility index (Phi) is 4.11. The van der Waals surface area contributed by atoms with E-state index in [1.54, 1.807) is 12.3 Å². The van der Waals surface area contributed by atoms with Gasteiger partial charge in [0.2, 0.25) is 0 Å². The van der Waals surface area contributed by atoms with E-state index in [0.717, 1.165) is 28.8 Å². The van der Waals surface area contributed by atoms with Gasteiger partial charge in [-0.15, -0.1) is 11.3 Å². The molecular weight excluding hydrogens is 298 g/mol. The number of hydrogen-bond donors (Lipinski definition) is 2. The molecule has 0 aliphatic rings. The lowest BCUT2D eigenvalue weighted by molar-refractivity contribution is 0.0953. The predicted octanol–water partition coefficient (Wildman–Crippen LogP) is 3.35. The summed E-state index contributed by atoms with van der Waals surface area (Å²) in [7, 11) is 0. The third kappa shape index (κ3) is 2.82. The lowest BCUT2D eigenvalue weighted by Gasteiger charge is -2.01. The number of aryl methyl sites for hydroxylation is 1. The summed E-state index contributed by atoms with van der Waals surface area (Å²) >= 11 is 1.33. The summed E-state index contributed by atoms with van der Waals surface area (Å²) < 4.78 is 5.20. The number of pyridine rings is 1. The molecule has 0 saturated carbocycles. The predicted molar refractivity (Wildman–Crippen MR) is 87.9 cm³/mol. The zero-order valence-electron chi connectivity index (χ0n) is 12.3. The van der Waals surface area contributed by atoms with E-state index in [4.69, 9.17) is 10.2 Å². The first-order valence-corrected chi connectivity index (χ1v) is 7.99. The summed E-state index contributed by atoms with van der Waals surface area (Å²) in [6.07, 6.45) is 3.54. The number of anilines is 1. The number of nitrogens with two attached hydrogens (primary N) is 1. The highest BCUT2D eigenvalue weighted by molar-refractivity contribution is 7.21. The standard InChI is InChI=1S/C16H17N3O2S/c1-2-4-10-6-7-12-13(17)14(22-16(12)19-10)15(20)18-9-11-5-3-8-21-11/h3,5-8H,2,4,9,17H2,1H3,(H,18,20). The van der Waals surface area contributed by atoms with Gasteiger partial charge in [0, 0.05) is 11.1 Å². The SMILES string of the molecule is CCCc1ccc2c(N)c(C(=O)NCc3ccco3)sc2n1. The van der Waals surface area contributed by atoms with Gasteiger partial charge in [0.15, 0.2) is 0 Å². The van der Waals surface area contributed by atoms with E-state index in [-0.39, 0.29) is 5.91 Å². The molecule has 0 fully saturated rings. The number of nitrogens with one attached hydrogen (secondary N) is 1. The molecule has 22 heavy (non-hydrogen) atoms. The van der Waals surface area contributed by atoms with Crippen molar-refractivity contribution >= 4 is 33.1 Å². The van der Waals surface area contributed by atoms with Gasteiger partial charge in [0.25, 0.3) is 5.91 Å². The number of furan rings is 1. The lowest BCUT2D eigenvalue weighted by atomic mass is 10.2. The Morgan fingerprint density at radius 2 is 2.27 bits per heavy atom. The van der Waals surface area contributed by atoms with E-state index in [9.17, 15) is 4.79 Å². The van der Waals surface area contributed by atoms with Gasteiger partial charge < -0.3 is 15.5 Å². The molecule has 0 bridgehead atoms. The van der Waals surface area contributed by atoms with E-state index >= 15 is 0 Å². The Bertz CT molecular complexity index is 793. The normalized spacial score (nSPS) is 11.0. The van der Waals surface area contributed by atoms with E-state index in [1.165, 1.54) is 11.3 Å². The summed E-state index contributed by atoms with van der Waals surface area (Å²) in [6.45, 7) is 2.45. The molecule has 0 aliphatic carbocycles. The molecule has 5 nitrogen and oxygen atoms in total. The highest BCUT2D eigenvalue weighted by Gasteiger charge is 2.17. The van der Waals surface area contributed by atoms with Gasteiger partial charge in [-0.2, -0.15) is 0 Å². The minimum absolute atomic E-state index is 0.200. The number of thiophene rings is 1. The topological polar surface area (TPSA) is 81.2 Å². The summed E-state index contributed by atoms with van der Waals surface area (Å²) in [4.78, 5) is 18.2. The van der Waals surface area contributed by atoms with E-state index in [1.807, 2.05) is 18.2 Å². The molecule has 3 heterocycles. The maximum absolute atomic E-state index is 12.3. The Morgan fingerprint density at radius 3 is 3.00 bits per heavy atom. The van der Waals surface area contributed by atoms with Crippen LogP contribution in [0.4, 0.5) is 5.69 Å². The summed E-state index contributed by atoms with van der Waals surface area (Å²) in [6, 6.07) is 7.52. The maximum Gasteiger partial charge on any atom is 0.263 e. The molecule has 0 radical (unpaired) electrons. The lowest BCUT2D eigenvalue weighted by Crippen LogP contribution is -2.22. The Morgan fingerprint density at radius 1 is 1.41 bits per heavy atom. The fraction of sp³-hybridized carbons (Fsp3) is 0.250. The van der Waals surface area contributed by atoms with Crippen molar-refractivity contribution in [3.05, 3.63) is 46.9 Å². The van der Waals surface area contributed by atoms with Gasteiger partial charge in [0.05, 0.1) is 18.5 Å². The molecule has 0 aliphatic heterocycles. The van der Waals surface area contributed by atoms with Crippen LogP contribution in [-0.4, -0.2) is 10.9 Å². The van der Waals surface area contributed by atoms with Crippen LogP contribution in [-0.2, 0) is 13.0 Å². The monoisotopic (exact) mass is 315 g/mol. The Labute approximate surface area is 132 Å². The molecule has 1 amide bonds. The van der Waals surface area contributed by atoms with Gasteiger partial charge in [0.1, 0.15) is 15.5 Å². The second-order valence-corrected chi connectivity index (χ2v) is 6.01. The first-order valence-electron chi connectivity index (χ1n) is 7.17. The molecule has 0 saturated heterocycles. The highest BCUT2D eigenvalue weighted by Crippen LogP contribution is 2.32. The average Bonchev–Trinajstić information content (AvgIpc) is 3.13. The number of nitrogens with zero attached hydrogens (tertiary/aromatic N) is 1. The molecule has 114 valence electrons. The number of carbonyl (C=O) groups is 1. The second-order valence-electron chi connectivity index (χ2n) is 5.01. The molecule has 0 aromatic carbocycles. The van der Waals surface area contributed by atoms with Gasteiger partial charge in [-0.1, -0.05) is 13.3 Å². The number of nitrogen functional groups attached to an aromatic ring is 1. The Hall–Kier alpha value is -2.34.